The van der Waals surface area contributed by atoms with Gasteiger partial charge in [0.2, 0.25) is 0 Å². The summed E-state index contributed by atoms with van der Waals surface area (Å²) in [5, 5.41) is 3.72. The number of nitrogens with zero attached hydrogens (tertiary/aromatic N) is 5. The van der Waals surface area contributed by atoms with Gasteiger partial charge in [0.25, 0.3) is 0 Å². The summed E-state index contributed by atoms with van der Waals surface area (Å²) in [6.45, 7) is 1.86. The van der Waals surface area contributed by atoms with E-state index in [1.807, 2.05) is 19.6 Å². The number of aryl methyl sites for hydroxylation is 1. The second-order valence-corrected chi connectivity index (χ2v) is 6.44. The molecular weight excluding hydrogens is 314 g/mol. The number of aromatic nitrogens is 4. The molecule has 0 spiro atoms. The molecule has 124 valence electrons. The van der Waals surface area contributed by atoms with Crippen LogP contribution in [-0.2, 0) is 7.05 Å². The predicted octanol–water partition coefficient (Wildman–Crippen LogP) is 1.94. The molecule has 0 amide bonds. The molecular formula is C15H22ClN7. The van der Waals surface area contributed by atoms with Crippen molar-refractivity contribution in [2.75, 3.05) is 31.2 Å². The van der Waals surface area contributed by atoms with Crippen LogP contribution in [0.2, 0.25) is 5.02 Å². The van der Waals surface area contributed by atoms with Gasteiger partial charge in [-0.05, 0) is 32.4 Å². The number of piperidine rings is 1. The van der Waals surface area contributed by atoms with Crippen molar-refractivity contribution in [3.63, 3.8) is 0 Å². The van der Waals surface area contributed by atoms with Crippen LogP contribution in [0.5, 0.6) is 0 Å². The van der Waals surface area contributed by atoms with Crippen molar-refractivity contribution < 1.29 is 0 Å². The third kappa shape index (κ3) is 3.25. The first kappa shape index (κ1) is 16.0. The Bertz CT molecular complexity index is 672. The number of imidazole rings is 1. The van der Waals surface area contributed by atoms with Crippen molar-refractivity contribution in [3.05, 3.63) is 29.6 Å². The molecule has 2 aromatic heterocycles. The Morgan fingerprint density at radius 2 is 2.22 bits per heavy atom. The Labute approximate surface area is 140 Å². The normalized spacial score (nSPS) is 22.2. The number of rotatable bonds is 4. The summed E-state index contributed by atoms with van der Waals surface area (Å²) in [5.41, 5.74) is 6.96. The summed E-state index contributed by atoms with van der Waals surface area (Å²) in [4.78, 5) is 14.7. The standard InChI is InChI=1S/C15H22ClN7/c1-22-5-3-4-10(13(22)11-7-18-9-23(11)2)6-19-15-12(16)14(17)20-8-21-15/h7-10,13H,3-6H2,1-2H3,(H3,17,19,20,21)/t10-,13+/m0/s1. The Kier molecular flexibility index (Phi) is 4.68. The summed E-state index contributed by atoms with van der Waals surface area (Å²) in [6, 6.07) is 0.321. The maximum atomic E-state index is 6.16. The minimum atomic E-state index is 0.299. The number of hydrogen-bond donors (Lipinski definition) is 2. The van der Waals surface area contributed by atoms with Crippen LogP contribution >= 0.6 is 11.6 Å². The van der Waals surface area contributed by atoms with Gasteiger partial charge in [-0.25, -0.2) is 15.0 Å². The Balaban J connectivity index is 1.77. The number of likely N-dealkylation sites (tertiary alicyclic amines) is 1. The second-order valence-electron chi connectivity index (χ2n) is 6.06. The fourth-order valence-corrected chi connectivity index (χ4v) is 3.49. The largest absolute Gasteiger partial charge is 0.382 e. The Hall–Kier alpha value is -1.86. The van der Waals surface area contributed by atoms with Crippen LogP contribution in [0.4, 0.5) is 11.6 Å². The number of anilines is 2. The lowest BCUT2D eigenvalue weighted by atomic mass is 9.87. The van der Waals surface area contributed by atoms with Gasteiger partial charge in [0.05, 0.1) is 18.1 Å². The SMILES string of the molecule is CN1CCC[C@@H](CNc2ncnc(N)c2Cl)[C@@H]1c1cncn1C. The lowest BCUT2D eigenvalue weighted by molar-refractivity contribution is 0.122. The van der Waals surface area contributed by atoms with Gasteiger partial charge in [0, 0.05) is 19.8 Å². The first-order valence-corrected chi connectivity index (χ1v) is 8.12. The first-order chi connectivity index (χ1) is 11.1. The van der Waals surface area contributed by atoms with Crippen molar-refractivity contribution in [3.8, 4) is 0 Å². The van der Waals surface area contributed by atoms with Gasteiger partial charge < -0.3 is 15.6 Å². The van der Waals surface area contributed by atoms with Crippen LogP contribution < -0.4 is 11.1 Å². The van der Waals surface area contributed by atoms with Crippen LogP contribution in [0.3, 0.4) is 0 Å². The molecule has 0 aromatic carbocycles. The summed E-state index contributed by atoms with van der Waals surface area (Å²) in [6.07, 6.45) is 7.55. The highest BCUT2D eigenvalue weighted by atomic mass is 35.5. The van der Waals surface area contributed by atoms with E-state index >= 15 is 0 Å². The zero-order valence-electron chi connectivity index (χ0n) is 13.4. The number of nitrogen functional groups attached to an aromatic ring is 1. The van der Waals surface area contributed by atoms with E-state index in [2.05, 4.69) is 36.8 Å². The van der Waals surface area contributed by atoms with E-state index < -0.39 is 0 Å². The highest BCUT2D eigenvalue weighted by Gasteiger charge is 2.32. The van der Waals surface area contributed by atoms with E-state index in [1.54, 1.807) is 0 Å². The average Bonchev–Trinajstić information content (AvgIpc) is 2.94. The van der Waals surface area contributed by atoms with Gasteiger partial charge in [-0.15, -0.1) is 0 Å². The van der Waals surface area contributed by atoms with Gasteiger partial charge >= 0.3 is 0 Å². The van der Waals surface area contributed by atoms with Crippen molar-refractivity contribution in [1.82, 2.24) is 24.4 Å². The zero-order valence-corrected chi connectivity index (χ0v) is 14.2. The van der Waals surface area contributed by atoms with Gasteiger partial charge in [0.1, 0.15) is 23.0 Å². The summed E-state index contributed by atoms with van der Waals surface area (Å²) in [5.74, 6) is 1.33. The number of nitrogens with two attached hydrogens (primary N) is 1. The van der Waals surface area contributed by atoms with Crippen LogP contribution in [0.25, 0.3) is 0 Å². The molecule has 1 saturated heterocycles. The highest BCUT2D eigenvalue weighted by Crippen LogP contribution is 2.35. The topological polar surface area (TPSA) is 84.9 Å². The molecule has 1 fully saturated rings. The first-order valence-electron chi connectivity index (χ1n) is 7.74. The van der Waals surface area contributed by atoms with E-state index in [9.17, 15) is 0 Å². The third-order valence-corrected chi connectivity index (χ3v) is 4.88. The highest BCUT2D eigenvalue weighted by molar-refractivity contribution is 6.35. The molecule has 0 saturated carbocycles. The maximum absolute atomic E-state index is 6.16. The van der Waals surface area contributed by atoms with Crippen molar-refractivity contribution in [2.45, 2.75) is 18.9 Å². The molecule has 0 radical (unpaired) electrons. The van der Waals surface area contributed by atoms with E-state index in [4.69, 9.17) is 17.3 Å². The fraction of sp³-hybridized carbons (Fsp3) is 0.533. The zero-order chi connectivity index (χ0) is 16.4. The minimum absolute atomic E-state index is 0.299. The lowest BCUT2D eigenvalue weighted by Crippen LogP contribution is -2.39. The van der Waals surface area contributed by atoms with Crippen molar-refractivity contribution in [2.24, 2.45) is 13.0 Å². The molecule has 23 heavy (non-hydrogen) atoms. The molecule has 2 atom stereocenters. The molecule has 1 aliphatic rings. The monoisotopic (exact) mass is 335 g/mol. The summed E-state index contributed by atoms with van der Waals surface area (Å²) >= 11 is 6.16. The fourth-order valence-electron chi connectivity index (χ4n) is 3.33. The molecule has 3 rings (SSSR count). The van der Waals surface area contributed by atoms with Gasteiger partial charge in [-0.1, -0.05) is 11.6 Å². The van der Waals surface area contributed by atoms with Crippen LogP contribution in [-0.4, -0.2) is 44.6 Å². The molecule has 8 heteroatoms. The Morgan fingerprint density at radius 3 is 2.96 bits per heavy atom. The van der Waals surface area contributed by atoms with Gasteiger partial charge in [-0.2, -0.15) is 0 Å². The number of nitrogens with one attached hydrogen (secondary N) is 1. The lowest BCUT2D eigenvalue weighted by Gasteiger charge is -2.39. The van der Waals surface area contributed by atoms with Crippen LogP contribution in [0, 0.1) is 5.92 Å². The quantitative estimate of drug-likeness (QED) is 0.888. The average molecular weight is 336 g/mol. The summed E-state index contributed by atoms with van der Waals surface area (Å²) < 4.78 is 2.09. The smallest absolute Gasteiger partial charge is 0.150 e. The van der Waals surface area contributed by atoms with Crippen molar-refractivity contribution in [1.29, 1.82) is 0 Å². The molecule has 7 nitrogen and oxygen atoms in total. The molecule has 3 N–H and O–H groups in total. The summed E-state index contributed by atoms with van der Waals surface area (Å²) in [7, 11) is 4.21. The van der Waals surface area contributed by atoms with E-state index in [0.29, 0.717) is 28.6 Å². The Morgan fingerprint density at radius 1 is 1.39 bits per heavy atom. The molecule has 0 aliphatic carbocycles. The van der Waals surface area contributed by atoms with Crippen molar-refractivity contribution >= 4 is 23.2 Å². The molecule has 0 unspecified atom stereocenters. The molecule has 0 bridgehead atoms. The number of hydrogen-bond acceptors (Lipinski definition) is 6. The van der Waals surface area contributed by atoms with Gasteiger partial charge in [0.15, 0.2) is 0 Å². The van der Waals surface area contributed by atoms with E-state index in [0.717, 1.165) is 19.5 Å². The maximum Gasteiger partial charge on any atom is 0.150 e. The molecule has 1 aliphatic heterocycles. The third-order valence-electron chi connectivity index (χ3n) is 4.51. The van der Waals surface area contributed by atoms with Gasteiger partial charge in [-0.3, -0.25) is 4.90 Å². The van der Waals surface area contributed by atoms with Crippen LogP contribution in [0.1, 0.15) is 24.6 Å². The molecule has 3 heterocycles. The molecule has 2 aromatic rings. The minimum Gasteiger partial charge on any atom is -0.382 e. The second kappa shape index (κ2) is 6.72. The van der Waals surface area contributed by atoms with Crippen LogP contribution in [0.15, 0.2) is 18.9 Å². The van der Waals surface area contributed by atoms with E-state index in [-0.39, 0.29) is 0 Å². The number of halogens is 1. The van der Waals surface area contributed by atoms with E-state index in [1.165, 1.54) is 18.4 Å². The predicted molar refractivity (Wildman–Crippen MR) is 91.2 cm³/mol.